The third kappa shape index (κ3) is 8.19. The van der Waals surface area contributed by atoms with Gasteiger partial charge in [-0.25, -0.2) is 0 Å². The molecule has 1 heterocycles. The lowest BCUT2D eigenvalue weighted by molar-refractivity contribution is -0.115. The zero-order valence-electron chi connectivity index (χ0n) is 21.2. The first kappa shape index (κ1) is 28.9. The molecule has 0 aliphatic rings. The number of carbonyl (C=O) groups is 3. The molecule has 0 bridgehead atoms. The van der Waals surface area contributed by atoms with Gasteiger partial charge in [0, 0.05) is 34.2 Å². The Morgan fingerprint density at radius 2 is 1.57 bits per heavy atom. The molecule has 1 unspecified atom stereocenters. The molecule has 7 nitrogen and oxygen atoms in total. The summed E-state index contributed by atoms with van der Waals surface area (Å²) in [5, 5.41) is 8.69. The number of benzene rings is 3. The smallest absolute Gasteiger partial charge is 0.272 e. The van der Waals surface area contributed by atoms with Crippen molar-refractivity contribution in [2.45, 2.75) is 17.1 Å². The Kier molecular flexibility index (Phi) is 9.96. The van der Waals surface area contributed by atoms with Gasteiger partial charge >= 0.3 is 0 Å². The van der Waals surface area contributed by atoms with Crippen molar-refractivity contribution in [3.8, 4) is 0 Å². The summed E-state index contributed by atoms with van der Waals surface area (Å²) in [4.78, 5) is 43.4. The van der Waals surface area contributed by atoms with Crippen LogP contribution in [0.4, 0.5) is 11.4 Å². The highest BCUT2D eigenvalue weighted by molar-refractivity contribution is 8.00. The predicted molar refractivity (Wildman–Crippen MR) is 162 cm³/mol. The molecule has 4 aromatic rings. The van der Waals surface area contributed by atoms with Crippen molar-refractivity contribution in [2.75, 3.05) is 10.6 Å². The molecule has 3 amide bonds. The highest BCUT2D eigenvalue weighted by Gasteiger charge is 2.17. The average molecular weight is 592 g/mol. The first-order chi connectivity index (χ1) is 19.3. The van der Waals surface area contributed by atoms with Gasteiger partial charge in [-0.15, -0.1) is 11.8 Å². The Morgan fingerprint density at radius 1 is 0.850 bits per heavy atom. The molecule has 40 heavy (non-hydrogen) atoms. The second kappa shape index (κ2) is 13.8. The molecule has 0 aliphatic carbocycles. The molecule has 10 heteroatoms. The minimum Gasteiger partial charge on any atom is -0.325 e. The van der Waals surface area contributed by atoms with Crippen molar-refractivity contribution in [1.82, 2.24) is 10.3 Å². The van der Waals surface area contributed by atoms with Crippen LogP contribution in [0, 0.1) is 0 Å². The van der Waals surface area contributed by atoms with E-state index in [0.29, 0.717) is 32.5 Å². The van der Waals surface area contributed by atoms with Crippen molar-refractivity contribution in [3.63, 3.8) is 0 Å². The number of hydrogen-bond donors (Lipinski definition) is 3. The van der Waals surface area contributed by atoms with Crippen LogP contribution >= 0.6 is 35.0 Å². The standard InChI is InChI=1S/C30H24Cl2N4O3S/c1-19(28(37)35-23-11-14-25(31)26(32)17-23)40-24-12-9-22(10-13-24)34-30(39)27(16-20-6-5-15-33-18-20)36-29(38)21-7-3-2-4-8-21/h2-19H,1H3,(H,34,39)(H,35,37)(H,36,38)/b27-16-. The molecule has 0 saturated heterocycles. The Labute approximate surface area is 246 Å². The van der Waals surface area contributed by atoms with Gasteiger partial charge in [0.25, 0.3) is 11.8 Å². The lowest BCUT2D eigenvalue weighted by atomic mass is 10.2. The number of pyridine rings is 1. The van der Waals surface area contributed by atoms with Crippen molar-refractivity contribution in [2.24, 2.45) is 0 Å². The van der Waals surface area contributed by atoms with Gasteiger partial charge in [-0.1, -0.05) is 47.5 Å². The maximum atomic E-state index is 13.2. The molecule has 3 N–H and O–H groups in total. The van der Waals surface area contributed by atoms with E-state index in [1.54, 1.807) is 110 Å². The van der Waals surface area contributed by atoms with Crippen molar-refractivity contribution < 1.29 is 14.4 Å². The topological polar surface area (TPSA) is 100 Å². The fraction of sp³-hybridized carbons (Fsp3) is 0.0667. The SMILES string of the molecule is CC(Sc1ccc(NC(=O)/C(=C/c2cccnc2)NC(=O)c2ccccc2)cc1)C(=O)Nc1ccc(Cl)c(Cl)c1. The van der Waals surface area contributed by atoms with Crippen LogP contribution < -0.4 is 16.0 Å². The fourth-order valence-corrected chi connectivity index (χ4v) is 4.63. The van der Waals surface area contributed by atoms with Crippen LogP contribution in [0.5, 0.6) is 0 Å². The molecule has 202 valence electrons. The first-order valence-corrected chi connectivity index (χ1v) is 13.7. The number of amides is 3. The van der Waals surface area contributed by atoms with Gasteiger partial charge in [-0.2, -0.15) is 0 Å². The molecule has 0 spiro atoms. The molecule has 0 aliphatic heterocycles. The number of carbonyl (C=O) groups excluding carboxylic acids is 3. The van der Waals surface area contributed by atoms with Gasteiger partial charge in [-0.3, -0.25) is 19.4 Å². The molecule has 1 atom stereocenters. The Balaban J connectivity index is 1.41. The molecular weight excluding hydrogens is 567 g/mol. The normalized spacial score (nSPS) is 11.8. The number of hydrogen-bond acceptors (Lipinski definition) is 5. The Morgan fingerprint density at radius 3 is 2.25 bits per heavy atom. The van der Waals surface area contributed by atoms with Crippen LogP contribution in [0.3, 0.4) is 0 Å². The molecule has 0 saturated carbocycles. The van der Waals surface area contributed by atoms with Crippen LogP contribution in [0.25, 0.3) is 6.08 Å². The number of thioether (sulfide) groups is 1. The molecular formula is C30H24Cl2N4O3S. The molecule has 3 aromatic carbocycles. The van der Waals surface area contributed by atoms with E-state index in [9.17, 15) is 14.4 Å². The van der Waals surface area contributed by atoms with E-state index in [0.717, 1.165) is 4.90 Å². The van der Waals surface area contributed by atoms with E-state index in [4.69, 9.17) is 23.2 Å². The quantitative estimate of drug-likeness (QED) is 0.145. The van der Waals surface area contributed by atoms with E-state index in [-0.39, 0.29) is 11.6 Å². The van der Waals surface area contributed by atoms with Crippen LogP contribution in [-0.2, 0) is 9.59 Å². The number of anilines is 2. The minimum atomic E-state index is -0.497. The van der Waals surface area contributed by atoms with Crippen molar-refractivity contribution >= 4 is 70.1 Å². The van der Waals surface area contributed by atoms with Crippen LogP contribution in [-0.4, -0.2) is 28.0 Å². The van der Waals surface area contributed by atoms with Gasteiger partial charge in [0.15, 0.2) is 0 Å². The molecule has 0 radical (unpaired) electrons. The van der Waals surface area contributed by atoms with Crippen LogP contribution in [0.1, 0.15) is 22.8 Å². The first-order valence-electron chi connectivity index (χ1n) is 12.1. The third-order valence-corrected chi connectivity index (χ3v) is 7.36. The zero-order chi connectivity index (χ0) is 28.5. The average Bonchev–Trinajstić information content (AvgIpc) is 2.96. The van der Waals surface area contributed by atoms with Gasteiger partial charge in [0.2, 0.25) is 5.91 Å². The van der Waals surface area contributed by atoms with Crippen molar-refractivity contribution in [3.05, 3.63) is 124 Å². The van der Waals surface area contributed by atoms with E-state index >= 15 is 0 Å². The Hall–Kier alpha value is -4.11. The summed E-state index contributed by atoms with van der Waals surface area (Å²) < 4.78 is 0. The minimum absolute atomic E-state index is 0.0629. The summed E-state index contributed by atoms with van der Waals surface area (Å²) in [5.74, 6) is -1.10. The maximum absolute atomic E-state index is 13.2. The molecule has 0 fully saturated rings. The lowest BCUT2D eigenvalue weighted by Gasteiger charge is -2.14. The van der Waals surface area contributed by atoms with E-state index in [1.165, 1.54) is 11.8 Å². The summed E-state index contributed by atoms with van der Waals surface area (Å²) in [6.45, 7) is 1.79. The predicted octanol–water partition coefficient (Wildman–Crippen LogP) is 6.92. The highest BCUT2D eigenvalue weighted by Crippen LogP contribution is 2.28. The summed E-state index contributed by atoms with van der Waals surface area (Å²) >= 11 is 13.3. The molecule has 4 rings (SSSR count). The third-order valence-electron chi connectivity index (χ3n) is 5.51. The second-order valence-electron chi connectivity index (χ2n) is 8.52. The number of nitrogens with zero attached hydrogens (tertiary/aromatic N) is 1. The van der Waals surface area contributed by atoms with Gasteiger partial charge in [0.1, 0.15) is 5.70 Å². The summed E-state index contributed by atoms with van der Waals surface area (Å²) in [7, 11) is 0. The fourth-order valence-electron chi connectivity index (χ4n) is 3.46. The number of nitrogens with one attached hydrogen (secondary N) is 3. The second-order valence-corrected chi connectivity index (χ2v) is 10.7. The van der Waals surface area contributed by atoms with Crippen molar-refractivity contribution in [1.29, 1.82) is 0 Å². The number of rotatable bonds is 9. The monoisotopic (exact) mass is 590 g/mol. The van der Waals surface area contributed by atoms with Gasteiger partial charge in [0.05, 0.1) is 15.3 Å². The highest BCUT2D eigenvalue weighted by atomic mass is 35.5. The van der Waals surface area contributed by atoms with Gasteiger partial charge < -0.3 is 16.0 Å². The number of aromatic nitrogens is 1. The van der Waals surface area contributed by atoms with E-state index < -0.39 is 17.1 Å². The van der Waals surface area contributed by atoms with Gasteiger partial charge in [-0.05, 0) is 79.2 Å². The lowest BCUT2D eigenvalue weighted by Crippen LogP contribution is -2.30. The summed E-state index contributed by atoms with van der Waals surface area (Å²) in [6.07, 6.45) is 4.77. The number of halogens is 2. The molecule has 1 aromatic heterocycles. The largest absolute Gasteiger partial charge is 0.325 e. The Bertz CT molecular complexity index is 1530. The summed E-state index contributed by atoms with van der Waals surface area (Å²) in [6, 6.07) is 24.1. The van der Waals surface area contributed by atoms with Crippen LogP contribution in [0.2, 0.25) is 10.0 Å². The summed E-state index contributed by atoms with van der Waals surface area (Å²) in [5.41, 5.74) is 2.22. The maximum Gasteiger partial charge on any atom is 0.272 e. The van der Waals surface area contributed by atoms with E-state index in [1.807, 2.05) is 0 Å². The van der Waals surface area contributed by atoms with E-state index in [2.05, 4.69) is 20.9 Å². The van der Waals surface area contributed by atoms with Crippen LogP contribution in [0.15, 0.2) is 108 Å². The zero-order valence-corrected chi connectivity index (χ0v) is 23.6.